The molecule has 0 unspecified atom stereocenters. The molecular formula is C17H9N3O6S2. The van der Waals surface area contributed by atoms with Crippen LogP contribution in [0.15, 0.2) is 40.7 Å². The van der Waals surface area contributed by atoms with E-state index in [0.29, 0.717) is 20.2 Å². The second kappa shape index (κ2) is 6.69. The Balaban J connectivity index is 1.69. The van der Waals surface area contributed by atoms with Crippen molar-refractivity contribution in [1.29, 1.82) is 0 Å². The molecular weight excluding hydrogens is 406 g/mol. The van der Waals surface area contributed by atoms with Crippen molar-refractivity contribution in [3.8, 4) is 0 Å². The van der Waals surface area contributed by atoms with E-state index >= 15 is 0 Å². The number of nitrogens with zero attached hydrogens (tertiary/aromatic N) is 3. The van der Waals surface area contributed by atoms with Gasteiger partial charge in [0.25, 0.3) is 17.5 Å². The fraction of sp³-hybridized carbons (Fsp3) is 0.0588. The molecule has 1 N–H and O–H groups in total. The van der Waals surface area contributed by atoms with Crippen molar-refractivity contribution in [3.05, 3.63) is 57.6 Å². The standard InChI is InChI=1S/C17H9N3O6S2/c21-14(22)7-27-17-18-12-4-2-8(6-13(12)28-17)19-15(23)10-3-1-9(20(25)26)5-11(10)16(19)24/h1-6H,7H2,(H,21,22). The summed E-state index contributed by atoms with van der Waals surface area (Å²) in [5.41, 5.74) is 0.771. The number of fused-ring (bicyclic) bond motifs is 2. The van der Waals surface area contributed by atoms with E-state index in [2.05, 4.69) is 4.98 Å². The number of imide groups is 1. The minimum Gasteiger partial charge on any atom is -0.481 e. The molecule has 2 amide bonds. The van der Waals surface area contributed by atoms with Gasteiger partial charge in [0.15, 0.2) is 4.34 Å². The Hall–Kier alpha value is -3.31. The van der Waals surface area contributed by atoms with Crippen molar-refractivity contribution >= 4 is 62.5 Å². The number of nitro benzene ring substituents is 1. The zero-order valence-corrected chi connectivity index (χ0v) is 15.5. The van der Waals surface area contributed by atoms with E-state index in [1.807, 2.05) is 0 Å². The highest BCUT2D eigenvalue weighted by Crippen LogP contribution is 2.35. The van der Waals surface area contributed by atoms with Crippen molar-refractivity contribution in [2.45, 2.75) is 4.34 Å². The molecule has 9 nitrogen and oxygen atoms in total. The van der Waals surface area contributed by atoms with Crippen LogP contribution in [-0.4, -0.2) is 38.6 Å². The number of amides is 2. The lowest BCUT2D eigenvalue weighted by Crippen LogP contribution is -2.29. The number of carboxylic acids is 1. The topological polar surface area (TPSA) is 131 Å². The first kappa shape index (κ1) is 18.1. The maximum Gasteiger partial charge on any atom is 0.313 e. The van der Waals surface area contributed by atoms with Crippen LogP contribution in [0.4, 0.5) is 11.4 Å². The van der Waals surface area contributed by atoms with Gasteiger partial charge in [-0.1, -0.05) is 11.8 Å². The number of hydrogen-bond donors (Lipinski definition) is 1. The van der Waals surface area contributed by atoms with E-state index < -0.39 is 22.7 Å². The summed E-state index contributed by atoms with van der Waals surface area (Å²) in [5.74, 6) is -2.26. The zero-order valence-electron chi connectivity index (χ0n) is 13.8. The molecule has 1 aliphatic heterocycles. The third-order valence-electron chi connectivity index (χ3n) is 4.01. The molecule has 3 aromatic rings. The van der Waals surface area contributed by atoms with Gasteiger partial charge >= 0.3 is 5.97 Å². The quantitative estimate of drug-likeness (QED) is 0.291. The first-order chi connectivity index (χ1) is 13.3. The Morgan fingerprint density at radius 3 is 2.64 bits per heavy atom. The SMILES string of the molecule is O=C(O)CSc1nc2ccc(N3C(=O)c4ccc([N+](=O)[O-])cc4C3=O)cc2s1. The number of anilines is 1. The number of non-ortho nitro benzene ring substituents is 1. The molecule has 28 heavy (non-hydrogen) atoms. The predicted molar refractivity (Wildman–Crippen MR) is 102 cm³/mol. The Morgan fingerprint density at radius 1 is 1.18 bits per heavy atom. The second-order valence-electron chi connectivity index (χ2n) is 5.75. The van der Waals surface area contributed by atoms with Crippen LogP contribution in [0.5, 0.6) is 0 Å². The Bertz CT molecular complexity index is 1190. The third kappa shape index (κ3) is 3.00. The molecule has 1 aromatic heterocycles. The van der Waals surface area contributed by atoms with E-state index in [0.717, 1.165) is 22.7 Å². The highest BCUT2D eigenvalue weighted by atomic mass is 32.2. The summed E-state index contributed by atoms with van der Waals surface area (Å²) in [5, 5.41) is 19.7. The molecule has 4 rings (SSSR count). The molecule has 1 aliphatic rings. The van der Waals surface area contributed by atoms with Gasteiger partial charge in [-0.15, -0.1) is 11.3 Å². The van der Waals surface area contributed by atoms with Gasteiger partial charge in [0.2, 0.25) is 0 Å². The number of thiazole rings is 1. The molecule has 140 valence electrons. The maximum absolute atomic E-state index is 12.7. The predicted octanol–water partition coefficient (Wildman–Crippen LogP) is 3.18. The first-order valence-electron chi connectivity index (χ1n) is 7.77. The van der Waals surface area contributed by atoms with Crippen LogP contribution in [0.25, 0.3) is 10.2 Å². The fourth-order valence-corrected chi connectivity index (χ4v) is 4.62. The van der Waals surface area contributed by atoms with Crippen molar-refractivity contribution in [1.82, 2.24) is 4.98 Å². The number of rotatable bonds is 5. The molecule has 0 atom stereocenters. The Labute approximate surface area is 164 Å². The number of nitro groups is 1. The van der Waals surface area contributed by atoms with E-state index in [-0.39, 0.29) is 22.6 Å². The van der Waals surface area contributed by atoms with Crippen LogP contribution >= 0.6 is 23.1 Å². The van der Waals surface area contributed by atoms with Gasteiger partial charge in [-0.2, -0.15) is 0 Å². The van der Waals surface area contributed by atoms with Crippen LogP contribution in [0.3, 0.4) is 0 Å². The Morgan fingerprint density at radius 2 is 1.93 bits per heavy atom. The normalized spacial score (nSPS) is 13.2. The fourth-order valence-electron chi connectivity index (χ4n) is 2.79. The summed E-state index contributed by atoms with van der Waals surface area (Å²) in [6.45, 7) is 0. The number of benzene rings is 2. The summed E-state index contributed by atoms with van der Waals surface area (Å²) in [6, 6.07) is 8.38. The molecule has 0 saturated heterocycles. The molecule has 0 spiro atoms. The highest BCUT2D eigenvalue weighted by Gasteiger charge is 2.38. The van der Waals surface area contributed by atoms with Gasteiger partial charge in [-0.3, -0.25) is 24.5 Å². The number of thioether (sulfide) groups is 1. The number of carbonyl (C=O) groups excluding carboxylic acids is 2. The van der Waals surface area contributed by atoms with E-state index in [1.54, 1.807) is 18.2 Å². The summed E-state index contributed by atoms with van der Waals surface area (Å²) in [4.78, 5) is 51.7. The van der Waals surface area contributed by atoms with Crippen LogP contribution in [0.2, 0.25) is 0 Å². The number of hydrogen-bond acceptors (Lipinski definition) is 8. The van der Waals surface area contributed by atoms with Gasteiger partial charge in [0.05, 0.1) is 37.7 Å². The minimum absolute atomic E-state index is 0.0127. The van der Waals surface area contributed by atoms with Crippen molar-refractivity contribution < 1.29 is 24.4 Å². The van der Waals surface area contributed by atoms with Crippen molar-refractivity contribution in [2.75, 3.05) is 10.7 Å². The molecule has 0 saturated carbocycles. The summed E-state index contributed by atoms with van der Waals surface area (Å²) < 4.78 is 1.25. The van der Waals surface area contributed by atoms with Crippen LogP contribution < -0.4 is 4.90 Å². The lowest BCUT2D eigenvalue weighted by atomic mass is 10.1. The first-order valence-corrected chi connectivity index (χ1v) is 9.58. The third-order valence-corrected chi connectivity index (χ3v) is 6.16. The van der Waals surface area contributed by atoms with Crippen molar-refractivity contribution in [2.24, 2.45) is 0 Å². The van der Waals surface area contributed by atoms with E-state index in [9.17, 15) is 24.5 Å². The summed E-state index contributed by atoms with van der Waals surface area (Å²) in [6.07, 6.45) is 0. The Kier molecular flexibility index (Phi) is 4.32. The molecule has 0 radical (unpaired) electrons. The van der Waals surface area contributed by atoms with Gasteiger partial charge in [0, 0.05) is 12.1 Å². The van der Waals surface area contributed by atoms with E-state index in [1.165, 1.54) is 23.5 Å². The van der Waals surface area contributed by atoms with Gasteiger partial charge in [-0.25, -0.2) is 9.88 Å². The zero-order chi connectivity index (χ0) is 20.0. The van der Waals surface area contributed by atoms with Crippen LogP contribution in [-0.2, 0) is 4.79 Å². The van der Waals surface area contributed by atoms with Gasteiger partial charge in [-0.05, 0) is 24.3 Å². The number of carbonyl (C=O) groups is 3. The van der Waals surface area contributed by atoms with E-state index in [4.69, 9.17) is 5.11 Å². The van der Waals surface area contributed by atoms with Crippen molar-refractivity contribution in [3.63, 3.8) is 0 Å². The second-order valence-corrected chi connectivity index (χ2v) is 8.00. The molecule has 0 aliphatic carbocycles. The molecule has 0 bridgehead atoms. The number of aliphatic carboxylic acids is 1. The molecule has 11 heteroatoms. The van der Waals surface area contributed by atoms with Crippen LogP contribution in [0, 0.1) is 10.1 Å². The molecule has 2 heterocycles. The van der Waals surface area contributed by atoms with Gasteiger partial charge < -0.3 is 5.11 Å². The van der Waals surface area contributed by atoms with Gasteiger partial charge in [0.1, 0.15) is 0 Å². The lowest BCUT2D eigenvalue weighted by Gasteiger charge is -2.13. The smallest absolute Gasteiger partial charge is 0.313 e. The highest BCUT2D eigenvalue weighted by molar-refractivity contribution is 8.01. The lowest BCUT2D eigenvalue weighted by molar-refractivity contribution is -0.384. The maximum atomic E-state index is 12.7. The minimum atomic E-state index is -0.954. The average molecular weight is 415 g/mol. The molecule has 0 fully saturated rings. The number of aromatic nitrogens is 1. The number of carboxylic acid groups (broad SMARTS) is 1. The average Bonchev–Trinajstić information content (AvgIpc) is 3.18. The summed E-state index contributed by atoms with van der Waals surface area (Å²) in [7, 11) is 0. The largest absolute Gasteiger partial charge is 0.481 e. The molecule has 2 aromatic carbocycles. The monoisotopic (exact) mass is 415 g/mol. The van der Waals surface area contributed by atoms with Crippen LogP contribution in [0.1, 0.15) is 20.7 Å². The summed E-state index contributed by atoms with van der Waals surface area (Å²) >= 11 is 2.34.